The van der Waals surface area contributed by atoms with Crippen LogP contribution in [0.2, 0.25) is 0 Å². The molecule has 0 saturated heterocycles. The van der Waals surface area contributed by atoms with Gasteiger partial charge < -0.3 is 0 Å². The Bertz CT molecular complexity index is 626. The lowest BCUT2D eigenvalue weighted by Crippen LogP contribution is -2.31. The van der Waals surface area contributed by atoms with Gasteiger partial charge in [0, 0.05) is 30.1 Å². The van der Waals surface area contributed by atoms with Crippen molar-refractivity contribution in [3.05, 3.63) is 51.4 Å². The molecule has 0 saturated carbocycles. The molecular formula is C12H13N3O2. The van der Waals surface area contributed by atoms with Crippen LogP contribution in [-0.2, 0) is 0 Å². The van der Waals surface area contributed by atoms with Crippen LogP contribution in [0, 0.1) is 0 Å². The van der Waals surface area contributed by atoms with Crippen LogP contribution in [-0.4, -0.2) is 14.5 Å². The summed E-state index contributed by atoms with van der Waals surface area (Å²) < 4.78 is 1.54. The summed E-state index contributed by atoms with van der Waals surface area (Å²) in [5, 5.41) is 0. The highest BCUT2D eigenvalue weighted by molar-refractivity contribution is 5.57. The molecule has 2 heterocycles. The predicted octanol–water partition coefficient (Wildman–Crippen LogP) is 1.18. The first-order valence-corrected chi connectivity index (χ1v) is 5.36. The molecule has 0 amide bonds. The first kappa shape index (κ1) is 11.3. The van der Waals surface area contributed by atoms with E-state index in [0.29, 0.717) is 5.69 Å². The molecule has 0 aromatic carbocycles. The van der Waals surface area contributed by atoms with Crippen LogP contribution in [0.15, 0.2) is 40.2 Å². The third-order valence-electron chi connectivity index (χ3n) is 2.45. The lowest BCUT2D eigenvalue weighted by Gasteiger charge is -2.14. The zero-order chi connectivity index (χ0) is 12.4. The number of pyridine rings is 1. The van der Waals surface area contributed by atoms with Crippen molar-refractivity contribution >= 4 is 0 Å². The van der Waals surface area contributed by atoms with E-state index < -0.39 is 11.2 Å². The first-order chi connectivity index (χ1) is 8.09. The summed E-state index contributed by atoms with van der Waals surface area (Å²) in [5.74, 6) is 0. The molecule has 5 nitrogen and oxygen atoms in total. The number of nitrogens with one attached hydrogen (secondary N) is 1. The van der Waals surface area contributed by atoms with Crippen molar-refractivity contribution in [2.75, 3.05) is 0 Å². The highest BCUT2D eigenvalue weighted by Gasteiger charge is 2.10. The highest BCUT2D eigenvalue weighted by Crippen LogP contribution is 2.17. The molecule has 0 aliphatic carbocycles. The fourth-order valence-electron chi connectivity index (χ4n) is 1.75. The molecule has 5 heteroatoms. The summed E-state index contributed by atoms with van der Waals surface area (Å²) in [6.07, 6.45) is 3.28. The van der Waals surface area contributed by atoms with Crippen LogP contribution in [0.25, 0.3) is 11.3 Å². The van der Waals surface area contributed by atoms with Gasteiger partial charge >= 0.3 is 5.69 Å². The van der Waals surface area contributed by atoms with E-state index in [0.717, 1.165) is 5.56 Å². The third-order valence-corrected chi connectivity index (χ3v) is 2.45. The molecule has 0 radical (unpaired) electrons. The monoisotopic (exact) mass is 231 g/mol. The van der Waals surface area contributed by atoms with E-state index in [-0.39, 0.29) is 6.04 Å². The summed E-state index contributed by atoms with van der Waals surface area (Å²) >= 11 is 0. The Morgan fingerprint density at radius 1 is 1.35 bits per heavy atom. The number of hydrogen-bond acceptors (Lipinski definition) is 3. The van der Waals surface area contributed by atoms with E-state index in [1.807, 2.05) is 19.9 Å². The Balaban J connectivity index is 2.77. The van der Waals surface area contributed by atoms with Gasteiger partial charge in [0.1, 0.15) is 0 Å². The summed E-state index contributed by atoms with van der Waals surface area (Å²) in [6, 6.07) is 4.97. The van der Waals surface area contributed by atoms with Crippen LogP contribution in [0.5, 0.6) is 0 Å². The van der Waals surface area contributed by atoms with E-state index >= 15 is 0 Å². The molecule has 0 aliphatic heterocycles. The summed E-state index contributed by atoms with van der Waals surface area (Å²) in [7, 11) is 0. The minimum Gasteiger partial charge on any atom is -0.291 e. The van der Waals surface area contributed by atoms with Crippen molar-refractivity contribution in [3.63, 3.8) is 0 Å². The molecule has 0 fully saturated rings. The number of hydrogen-bond donors (Lipinski definition) is 1. The van der Waals surface area contributed by atoms with E-state index in [9.17, 15) is 9.59 Å². The van der Waals surface area contributed by atoms with E-state index in [4.69, 9.17) is 0 Å². The van der Waals surface area contributed by atoms with Gasteiger partial charge in [-0.15, -0.1) is 0 Å². The summed E-state index contributed by atoms with van der Waals surface area (Å²) in [4.78, 5) is 29.4. The van der Waals surface area contributed by atoms with Crippen molar-refractivity contribution < 1.29 is 0 Å². The molecule has 17 heavy (non-hydrogen) atoms. The Morgan fingerprint density at radius 3 is 2.71 bits per heavy atom. The Labute approximate surface area is 97.8 Å². The average molecular weight is 231 g/mol. The van der Waals surface area contributed by atoms with Gasteiger partial charge in [-0.1, -0.05) is 0 Å². The van der Waals surface area contributed by atoms with Gasteiger partial charge in [0.15, 0.2) is 0 Å². The molecule has 88 valence electrons. The van der Waals surface area contributed by atoms with Gasteiger partial charge in [-0.2, -0.15) is 0 Å². The van der Waals surface area contributed by atoms with Crippen molar-refractivity contribution in [1.82, 2.24) is 14.5 Å². The number of aromatic amines is 1. The minimum atomic E-state index is -0.397. The van der Waals surface area contributed by atoms with Gasteiger partial charge in [0.2, 0.25) is 0 Å². The maximum atomic E-state index is 11.8. The van der Waals surface area contributed by atoms with Crippen LogP contribution in [0.4, 0.5) is 0 Å². The van der Waals surface area contributed by atoms with E-state index in [2.05, 4.69) is 9.97 Å². The molecule has 2 aromatic heterocycles. The van der Waals surface area contributed by atoms with Crippen molar-refractivity contribution in [2.24, 2.45) is 0 Å². The number of rotatable bonds is 2. The van der Waals surface area contributed by atoms with Gasteiger partial charge in [-0.25, -0.2) is 4.79 Å². The van der Waals surface area contributed by atoms with Crippen molar-refractivity contribution in [2.45, 2.75) is 19.9 Å². The van der Waals surface area contributed by atoms with Gasteiger partial charge in [0.25, 0.3) is 5.56 Å². The summed E-state index contributed by atoms with van der Waals surface area (Å²) in [5.41, 5.74) is 0.545. The average Bonchev–Trinajstić information content (AvgIpc) is 2.28. The molecule has 0 atom stereocenters. The predicted molar refractivity (Wildman–Crippen MR) is 64.9 cm³/mol. The second kappa shape index (κ2) is 4.37. The molecule has 0 bridgehead atoms. The second-order valence-corrected chi connectivity index (χ2v) is 4.03. The lowest BCUT2D eigenvalue weighted by atomic mass is 10.2. The second-order valence-electron chi connectivity index (χ2n) is 4.03. The van der Waals surface area contributed by atoms with Gasteiger partial charge in [-0.05, 0) is 26.0 Å². The molecule has 2 rings (SSSR count). The molecule has 2 aromatic rings. The molecule has 0 spiro atoms. The minimum absolute atomic E-state index is 0.0328. The van der Waals surface area contributed by atoms with Crippen LogP contribution in [0.3, 0.4) is 0 Å². The van der Waals surface area contributed by atoms with Crippen LogP contribution >= 0.6 is 0 Å². The first-order valence-electron chi connectivity index (χ1n) is 5.36. The Morgan fingerprint density at radius 2 is 2.12 bits per heavy atom. The molecule has 0 aliphatic rings. The number of aromatic nitrogens is 3. The zero-order valence-corrected chi connectivity index (χ0v) is 9.68. The SMILES string of the molecule is CC(C)n1c(-c2cccnc2)cc(=O)[nH]c1=O. The third kappa shape index (κ3) is 2.18. The summed E-state index contributed by atoms with van der Waals surface area (Å²) in [6.45, 7) is 3.78. The van der Waals surface area contributed by atoms with Crippen LogP contribution in [0.1, 0.15) is 19.9 Å². The standard InChI is InChI=1S/C12H13N3O2/c1-8(2)15-10(6-11(16)14-12(15)17)9-4-3-5-13-7-9/h3-8H,1-2H3,(H,14,16,17). The quantitative estimate of drug-likeness (QED) is 0.843. The Kier molecular flexibility index (Phi) is 2.91. The number of nitrogens with zero attached hydrogens (tertiary/aromatic N) is 2. The van der Waals surface area contributed by atoms with E-state index in [1.54, 1.807) is 23.0 Å². The van der Waals surface area contributed by atoms with E-state index in [1.165, 1.54) is 6.07 Å². The van der Waals surface area contributed by atoms with Crippen molar-refractivity contribution in [1.29, 1.82) is 0 Å². The maximum absolute atomic E-state index is 11.8. The maximum Gasteiger partial charge on any atom is 0.329 e. The molecule has 1 N–H and O–H groups in total. The molecule has 0 unspecified atom stereocenters. The fraction of sp³-hybridized carbons (Fsp3) is 0.250. The zero-order valence-electron chi connectivity index (χ0n) is 9.68. The van der Waals surface area contributed by atoms with Gasteiger partial charge in [-0.3, -0.25) is 19.3 Å². The lowest BCUT2D eigenvalue weighted by molar-refractivity contribution is 0.568. The largest absolute Gasteiger partial charge is 0.329 e. The number of H-pyrrole nitrogens is 1. The smallest absolute Gasteiger partial charge is 0.291 e. The fourth-order valence-corrected chi connectivity index (χ4v) is 1.75. The molecular weight excluding hydrogens is 218 g/mol. The van der Waals surface area contributed by atoms with Crippen LogP contribution < -0.4 is 11.2 Å². The highest BCUT2D eigenvalue weighted by atomic mass is 16.2. The Hall–Kier alpha value is -2.17. The normalized spacial score (nSPS) is 10.8. The van der Waals surface area contributed by atoms with Gasteiger partial charge in [0.05, 0.1) is 5.69 Å². The van der Waals surface area contributed by atoms with Crippen molar-refractivity contribution in [3.8, 4) is 11.3 Å². The topological polar surface area (TPSA) is 67.8 Å².